The third kappa shape index (κ3) is 3.19. The summed E-state index contributed by atoms with van der Waals surface area (Å²) in [7, 11) is 0. The maximum atomic E-state index is 4.93. The Morgan fingerprint density at radius 3 is 1.97 bits per heavy atom. The van der Waals surface area contributed by atoms with Crippen LogP contribution in [0.15, 0.2) is 66.7 Å². The van der Waals surface area contributed by atoms with Gasteiger partial charge in [-0.15, -0.1) is 0 Å². The Hall–Kier alpha value is -4.18. The first-order valence-corrected chi connectivity index (χ1v) is 10.4. The molecular weight excluding hydrogens is 380 g/mol. The van der Waals surface area contributed by atoms with E-state index in [1.807, 2.05) is 6.07 Å². The molecule has 0 saturated heterocycles. The fourth-order valence-electron chi connectivity index (χ4n) is 4.12. The predicted octanol–water partition coefficient (Wildman–Crippen LogP) is 6.63. The minimum atomic E-state index is 0.925. The molecule has 0 fully saturated rings. The molecule has 0 aliphatic carbocycles. The molecule has 1 aromatic carbocycles. The second kappa shape index (κ2) is 6.96. The van der Waals surface area contributed by atoms with E-state index in [1.54, 1.807) is 0 Å². The van der Waals surface area contributed by atoms with E-state index >= 15 is 0 Å². The van der Waals surface area contributed by atoms with Gasteiger partial charge < -0.3 is 9.97 Å². The van der Waals surface area contributed by atoms with E-state index < -0.39 is 0 Å². The van der Waals surface area contributed by atoms with Crippen LogP contribution in [0.25, 0.3) is 57.5 Å². The number of fused-ring (bicyclic) bond motifs is 8. The Labute approximate surface area is 179 Å². The summed E-state index contributed by atoms with van der Waals surface area (Å²) in [5.74, 6) is 0. The number of nitrogens with one attached hydrogen (secondary N) is 2. The number of aromatic amines is 2. The van der Waals surface area contributed by atoms with Crippen LogP contribution in [-0.2, 0) is 0 Å². The van der Waals surface area contributed by atoms with Crippen LogP contribution in [0.3, 0.4) is 0 Å². The van der Waals surface area contributed by atoms with Crippen molar-refractivity contribution in [2.24, 2.45) is 0 Å². The first kappa shape index (κ1) is 17.7. The highest BCUT2D eigenvalue weighted by atomic mass is 14.8. The summed E-state index contributed by atoms with van der Waals surface area (Å²) in [5, 5.41) is 0. The highest BCUT2D eigenvalue weighted by molar-refractivity contribution is 5.91. The van der Waals surface area contributed by atoms with Gasteiger partial charge in [-0.2, -0.15) is 0 Å². The normalized spacial score (nSPS) is 12.4. The molecule has 0 spiro atoms. The Balaban J connectivity index is 1.74. The first-order chi connectivity index (χ1) is 15.2. The molecule has 6 rings (SSSR count). The van der Waals surface area contributed by atoms with E-state index in [9.17, 15) is 0 Å². The number of rotatable bonds is 1. The lowest BCUT2D eigenvalue weighted by Crippen LogP contribution is -1.85. The number of aryl methyl sites for hydroxylation is 1. The highest BCUT2D eigenvalue weighted by Gasteiger charge is 2.11. The smallest absolute Gasteiger partial charge is 0.0736 e. The van der Waals surface area contributed by atoms with Crippen molar-refractivity contribution in [3.63, 3.8) is 0 Å². The largest absolute Gasteiger partial charge is 0.355 e. The second-order valence-electron chi connectivity index (χ2n) is 7.82. The van der Waals surface area contributed by atoms with Crippen molar-refractivity contribution >= 4 is 46.4 Å². The van der Waals surface area contributed by atoms with Crippen molar-refractivity contribution in [1.82, 2.24) is 19.9 Å². The summed E-state index contributed by atoms with van der Waals surface area (Å²) >= 11 is 0. The van der Waals surface area contributed by atoms with Gasteiger partial charge >= 0.3 is 0 Å². The Morgan fingerprint density at radius 2 is 1.23 bits per heavy atom. The number of nitrogens with zero attached hydrogens (tertiary/aromatic N) is 2. The molecule has 8 bridgehead atoms. The van der Waals surface area contributed by atoms with Gasteiger partial charge in [0.15, 0.2) is 0 Å². The maximum Gasteiger partial charge on any atom is 0.0736 e. The van der Waals surface area contributed by atoms with E-state index in [1.165, 1.54) is 0 Å². The molecule has 0 amide bonds. The minimum absolute atomic E-state index is 0.925. The molecule has 3 aromatic heterocycles. The molecule has 148 valence electrons. The fraction of sp³-hybridized carbons (Fsp3) is 0.0370. The quantitative estimate of drug-likeness (QED) is 0.325. The number of hydrogen-bond acceptors (Lipinski definition) is 2. The molecule has 31 heavy (non-hydrogen) atoms. The molecule has 0 atom stereocenters. The molecule has 4 nitrogen and oxygen atoms in total. The fourth-order valence-corrected chi connectivity index (χ4v) is 4.12. The summed E-state index contributed by atoms with van der Waals surface area (Å²) < 4.78 is 0. The molecule has 2 aliphatic rings. The maximum absolute atomic E-state index is 4.93. The van der Waals surface area contributed by atoms with Crippen LogP contribution in [-0.4, -0.2) is 19.9 Å². The van der Waals surface area contributed by atoms with Crippen LogP contribution in [0, 0.1) is 6.92 Å². The standard InChI is InChI=1S/C27H20N4/c1-17-23-11-7-19(28-23)15-21-9-13-25(30-21)27(18-5-3-2-4-6-18)26-14-10-22(31-26)16-20-8-12-24(17)29-20/h2-16,28,31H,1H3. The number of H-pyrrole nitrogens is 2. The Kier molecular flexibility index (Phi) is 3.96. The van der Waals surface area contributed by atoms with Gasteiger partial charge in [-0.05, 0) is 78.8 Å². The predicted molar refractivity (Wildman–Crippen MR) is 129 cm³/mol. The van der Waals surface area contributed by atoms with E-state index in [0.29, 0.717) is 0 Å². The number of aromatic nitrogens is 4. The highest BCUT2D eigenvalue weighted by Crippen LogP contribution is 2.30. The molecule has 4 aromatic rings. The third-order valence-electron chi connectivity index (χ3n) is 5.72. The van der Waals surface area contributed by atoms with Crippen molar-refractivity contribution < 1.29 is 0 Å². The molecule has 0 unspecified atom stereocenters. The van der Waals surface area contributed by atoms with Crippen molar-refractivity contribution in [2.75, 3.05) is 0 Å². The van der Waals surface area contributed by atoms with Crippen molar-refractivity contribution in [1.29, 1.82) is 0 Å². The zero-order chi connectivity index (χ0) is 20.8. The molecule has 4 heteroatoms. The van der Waals surface area contributed by atoms with Crippen LogP contribution < -0.4 is 0 Å². The van der Waals surface area contributed by atoms with Crippen molar-refractivity contribution in [3.8, 4) is 11.1 Å². The molecule has 2 aliphatic heterocycles. The Bertz CT molecular complexity index is 1530. The summed E-state index contributed by atoms with van der Waals surface area (Å²) in [6, 6.07) is 22.9. The zero-order valence-corrected chi connectivity index (χ0v) is 17.1. The number of hydrogen-bond donors (Lipinski definition) is 2. The van der Waals surface area contributed by atoms with Gasteiger partial charge in [0.1, 0.15) is 0 Å². The van der Waals surface area contributed by atoms with Gasteiger partial charge in [0.25, 0.3) is 0 Å². The average molecular weight is 400 g/mol. The lowest BCUT2D eigenvalue weighted by molar-refractivity contribution is 1.27. The van der Waals surface area contributed by atoms with Gasteiger partial charge in [-0.25, -0.2) is 9.97 Å². The van der Waals surface area contributed by atoms with E-state index in [2.05, 4.69) is 102 Å². The van der Waals surface area contributed by atoms with Gasteiger partial charge in [-0.3, -0.25) is 0 Å². The monoisotopic (exact) mass is 400 g/mol. The van der Waals surface area contributed by atoms with Gasteiger partial charge in [0, 0.05) is 27.6 Å². The molecule has 0 radical (unpaired) electrons. The second-order valence-corrected chi connectivity index (χ2v) is 7.82. The number of benzene rings is 1. The zero-order valence-electron chi connectivity index (χ0n) is 17.1. The third-order valence-corrected chi connectivity index (χ3v) is 5.72. The van der Waals surface area contributed by atoms with Gasteiger partial charge in [-0.1, -0.05) is 30.3 Å². The molecule has 5 heterocycles. The van der Waals surface area contributed by atoms with Crippen LogP contribution in [0.5, 0.6) is 0 Å². The molecule has 0 saturated carbocycles. The average Bonchev–Trinajstić information content (AvgIpc) is 3.58. The summed E-state index contributed by atoms with van der Waals surface area (Å²) in [6.45, 7) is 2.09. The van der Waals surface area contributed by atoms with Crippen LogP contribution in [0.1, 0.15) is 28.3 Å². The summed E-state index contributed by atoms with van der Waals surface area (Å²) in [5.41, 5.74) is 11.2. The SMILES string of the molecule is Cc1c2nc(cc3ccc([nH]3)c(-c3ccccc3)c3nc(cc4ccc1[nH]4)C=C3)C=C2. The molecular formula is C27H20N4. The van der Waals surface area contributed by atoms with E-state index in [0.717, 1.165) is 61.5 Å². The van der Waals surface area contributed by atoms with E-state index in [4.69, 9.17) is 9.97 Å². The van der Waals surface area contributed by atoms with Crippen molar-refractivity contribution in [2.45, 2.75) is 6.92 Å². The lowest BCUT2D eigenvalue weighted by Gasteiger charge is -2.03. The summed E-state index contributed by atoms with van der Waals surface area (Å²) in [4.78, 5) is 16.8. The molecule has 2 N–H and O–H groups in total. The van der Waals surface area contributed by atoms with Crippen LogP contribution >= 0.6 is 0 Å². The minimum Gasteiger partial charge on any atom is -0.355 e. The first-order valence-electron chi connectivity index (χ1n) is 10.4. The van der Waals surface area contributed by atoms with Gasteiger partial charge in [0.05, 0.1) is 22.8 Å². The van der Waals surface area contributed by atoms with Crippen LogP contribution in [0.4, 0.5) is 0 Å². The summed E-state index contributed by atoms with van der Waals surface area (Å²) in [6.07, 6.45) is 8.27. The van der Waals surface area contributed by atoms with Crippen molar-refractivity contribution in [3.05, 3.63) is 95.1 Å². The van der Waals surface area contributed by atoms with E-state index in [-0.39, 0.29) is 0 Å². The van der Waals surface area contributed by atoms with Gasteiger partial charge in [0.2, 0.25) is 0 Å². The van der Waals surface area contributed by atoms with Crippen LogP contribution in [0.2, 0.25) is 0 Å². The lowest BCUT2D eigenvalue weighted by atomic mass is 10.0. The Morgan fingerprint density at radius 1 is 0.613 bits per heavy atom. The topological polar surface area (TPSA) is 57.4 Å².